The van der Waals surface area contributed by atoms with E-state index in [1.54, 1.807) is 0 Å². The van der Waals surface area contributed by atoms with Crippen LogP contribution in [0.15, 0.2) is 0 Å². The van der Waals surface area contributed by atoms with Crippen molar-refractivity contribution in [2.45, 2.75) is 0 Å². The third-order valence-corrected chi connectivity index (χ3v) is 0. The van der Waals surface area contributed by atoms with Crippen molar-refractivity contribution in [3.05, 3.63) is 0 Å². The molecule has 0 amide bonds. The maximum absolute atomic E-state index is 0. The van der Waals surface area contributed by atoms with E-state index >= 15 is 0 Å². The molecule has 0 fully saturated rings. The minimum atomic E-state index is 0. The molecule has 0 aliphatic rings. The van der Waals surface area contributed by atoms with Crippen molar-refractivity contribution in [3.8, 4) is 0 Å². The van der Waals surface area contributed by atoms with E-state index in [-0.39, 0.29) is 59.6 Å². The van der Waals surface area contributed by atoms with Gasteiger partial charge >= 0.3 is 0 Å². The van der Waals surface area contributed by atoms with Gasteiger partial charge in [-0.15, -0.1) is 0 Å². The molecule has 0 atom stereocenters. The summed E-state index contributed by atoms with van der Waals surface area (Å²) in [7, 11) is 0. The fourth-order valence-electron chi connectivity index (χ4n) is 0. The van der Waals surface area contributed by atoms with Crippen molar-refractivity contribution in [1.29, 1.82) is 0 Å². The van der Waals surface area contributed by atoms with Gasteiger partial charge in [0.05, 0.1) is 0 Å². The van der Waals surface area contributed by atoms with Gasteiger partial charge in [0, 0.05) is 37.7 Å². The van der Waals surface area contributed by atoms with Crippen molar-refractivity contribution < 1.29 is 21.9 Å². The van der Waals surface area contributed by atoms with Crippen LogP contribution < -0.4 is 0 Å². The molecule has 8 N–H and O–H groups in total. The topological polar surface area (TPSA) is 126 Å². The largest absolute Gasteiger partial charge is 0.412 e. The molecule has 0 aromatic rings. The van der Waals surface area contributed by atoms with Crippen LogP contribution in [0.1, 0.15) is 0 Å². The minimum absolute atomic E-state index is 0. The summed E-state index contributed by atoms with van der Waals surface area (Å²) >= 11 is 0. The third-order valence-electron chi connectivity index (χ3n) is 0. The molecule has 0 aromatic carbocycles. The van der Waals surface area contributed by atoms with Crippen molar-refractivity contribution in [2.75, 3.05) is 0 Å². The van der Waals surface area contributed by atoms with Gasteiger partial charge in [-0.25, -0.2) is 0 Å². The Morgan fingerprint density at radius 1 is 0.400 bits per heavy atom. The zero-order valence-corrected chi connectivity index (χ0v) is 4.92. The molecule has 0 aromatic heterocycles. The molecule has 0 saturated carbocycles. The summed E-state index contributed by atoms with van der Waals surface area (Å²) in [6.07, 6.45) is 0. The van der Waals surface area contributed by atoms with E-state index in [0.29, 0.717) is 0 Å². The van der Waals surface area contributed by atoms with Crippen LogP contribution >= 0.6 is 0 Å². The predicted molar refractivity (Wildman–Crippen MR) is 20.2 cm³/mol. The van der Waals surface area contributed by atoms with E-state index in [4.69, 9.17) is 0 Å². The Morgan fingerprint density at radius 3 is 0.400 bits per heavy atom. The summed E-state index contributed by atoms with van der Waals surface area (Å²) in [4.78, 5) is 0. The molecule has 34 valence electrons. The molecule has 0 rings (SSSR count). The van der Waals surface area contributed by atoms with Crippen molar-refractivity contribution in [2.24, 2.45) is 0 Å². The zero-order valence-electron chi connectivity index (χ0n) is 2.71. The summed E-state index contributed by atoms with van der Waals surface area (Å²) < 4.78 is 0. The van der Waals surface area contributed by atoms with Gasteiger partial charge in [0.15, 0.2) is 0 Å². The quantitative estimate of drug-likeness (QED) is 0.286. The molecular weight excluding hydrogens is 104 g/mol. The van der Waals surface area contributed by atoms with Gasteiger partial charge in [0.2, 0.25) is 0 Å². The fourth-order valence-corrected chi connectivity index (χ4v) is 0. The summed E-state index contributed by atoms with van der Waals surface area (Å²) in [5, 5.41) is 0. The Labute approximate surface area is 59.4 Å². The first-order valence-corrected chi connectivity index (χ1v) is 0. The average Bonchev–Trinajstić information content (AvgIpc) is 0. The van der Waals surface area contributed by atoms with Crippen molar-refractivity contribution in [3.63, 3.8) is 0 Å². The van der Waals surface area contributed by atoms with Gasteiger partial charge in [0.25, 0.3) is 0 Å². The number of hydrogen-bond donors (Lipinski definition) is 0. The molecule has 5 heavy (non-hydrogen) atoms. The molecular formula is H8CaO4. The Morgan fingerprint density at radius 2 is 0.400 bits per heavy atom. The first-order chi connectivity index (χ1) is 0. The van der Waals surface area contributed by atoms with Crippen LogP contribution in [0.2, 0.25) is 0 Å². The van der Waals surface area contributed by atoms with E-state index in [2.05, 4.69) is 0 Å². The van der Waals surface area contributed by atoms with Crippen LogP contribution in [-0.4, -0.2) is 59.6 Å². The molecule has 5 heteroatoms. The second-order valence-electron chi connectivity index (χ2n) is 0. The van der Waals surface area contributed by atoms with Gasteiger partial charge in [-0.05, 0) is 0 Å². The van der Waals surface area contributed by atoms with Gasteiger partial charge in [-0.1, -0.05) is 0 Å². The third kappa shape index (κ3) is 40.5. The molecule has 0 saturated heterocycles. The predicted octanol–water partition coefficient (Wildman–Crippen LogP) is -3.68. The normalized spacial score (nSPS) is 0. The molecule has 2 radical (unpaired) electrons. The Bertz CT molecular complexity index is 3.61. The Kier molecular flexibility index (Phi) is 1860. The fraction of sp³-hybridized carbons (Fsp3) is 0. The maximum Gasteiger partial charge on any atom is 0 e. The van der Waals surface area contributed by atoms with Crippen molar-refractivity contribution >= 4 is 37.7 Å². The first-order valence-electron chi connectivity index (χ1n) is 0. The Balaban J connectivity index is 0. The molecule has 0 unspecified atom stereocenters. The van der Waals surface area contributed by atoms with Crippen LogP contribution in [-0.2, 0) is 0 Å². The molecule has 0 aliphatic carbocycles. The van der Waals surface area contributed by atoms with Crippen LogP contribution in [0.5, 0.6) is 0 Å². The second-order valence-corrected chi connectivity index (χ2v) is 0. The van der Waals surface area contributed by atoms with E-state index in [1.165, 1.54) is 0 Å². The van der Waals surface area contributed by atoms with Crippen LogP contribution in [0.4, 0.5) is 0 Å². The summed E-state index contributed by atoms with van der Waals surface area (Å²) in [6, 6.07) is 0. The standard InChI is InChI=1S/Ca.4H2O/h;4*1H2. The van der Waals surface area contributed by atoms with Gasteiger partial charge in [-0.2, -0.15) is 0 Å². The van der Waals surface area contributed by atoms with E-state index in [1.807, 2.05) is 0 Å². The van der Waals surface area contributed by atoms with E-state index < -0.39 is 0 Å². The first kappa shape index (κ1) is 131. The Hall–Kier alpha value is 1.10. The maximum atomic E-state index is 0. The average molecular weight is 112 g/mol. The van der Waals surface area contributed by atoms with Gasteiger partial charge in [0.1, 0.15) is 0 Å². The van der Waals surface area contributed by atoms with E-state index in [0.717, 1.165) is 0 Å². The van der Waals surface area contributed by atoms with Crippen LogP contribution in [0, 0.1) is 0 Å². The molecule has 4 nitrogen and oxygen atoms in total. The van der Waals surface area contributed by atoms with Gasteiger partial charge < -0.3 is 21.9 Å². The van der Waals surface area contributed by atoms with Crippen molar-refractivity contribution in [1.82, 2.24) is 0 Å². The summed E-state index contributed by atoms with van der Waals surface area (Å²) in [6.45, 7) is 0. The smallest absolute Gasteiger partial charge is 0 e. The van der Waals surface area contributed by atoms with Crippen LogP contribution in [0.3, 0.4) is 0 Å². The number of hydrogen-bond acceptors (Lipinski definition) is 0. The second kappa shape index (κ2) is 70.9. The van der Waals surface area contributed by atoms with Crippen LogP contribution in [0.25, 0.3) is 0 Å². The zero-order chi connectivity index (χ0) is 0. The minimum Gasteiger partial charge on any atom is -0.412 e. The monoisotopic (exact) mass is 112 g/mol. The van der Waals surface area contributed by atoms with Gasteiger partial charge in [-0.3, -0.25) is 0 Å². The molecule has 0 bridgehead atoms. The SMILES string of the molecule is O.O.O.O.[Ca]. The molecule has 0 aliphatic heterocycles. The summed E-state index contributed by atoms with van der Waals surface area (Å²) in [5.74, 6) is 0. The molecule has 0 spiro atoms. The van der Waals surface area contributed by atoms with E-state index in [9.17, 15) is 0 Å². The number of rotatable bonds is 0. The summed E-state index contributed by atoms with van der Waals surface area (Å²) in [5.41, 5.74) is 0. The molecule has 0 heterocycles.